The third-order valence-corrected chi connectivity index (χ3v) is 0.765. The first-order chi connectivity index (χ1) is 5.56. The normalized spacial score (nSPS) is 9.75. The minimum absolute atomic E-state index is 0.393. The Labute approximate surface area is 68.2 Å². The Balaban J connectivity index is 3.90. The van der Waals surface area contributed by atoms with Crippen molar-refractivity contribution in [3.8, 4) is 0 Å². The number of hydrogen-bond donors (Lipinski definition) is 2. The van der Waals surface area contributed by atoms with Crippen LogP contribution in [0.4, 0.5) is 0 Å². The highest BCUT2D eigenvalue weighted by atomic mass is 16.6. The summed E-state index contributed by atoms with van der Waals surface area (Å²) in [7, 11) is 0. The molecule has 4 N–H and O–H groups in total. The molecule has 0 aromatic rings. The molecule has 0 fully saturated rings. The maximum absolute atomic E-state index is 10.5. The van der Waals surface area contributed by atoms with E-state index in [2.05, 4.69) is 10.5 Å². The smallest absolute Gasteiger partial charge is 0.338 e. The van der Waals surface area contributed by atoms with Crippen LogP contribution in [0.3, 0.4) is 0 Å². The van der Waals surface area contributed by atoms with Crippen molar-refractivity contribution in [2.75, 3.05) is 6.54 Å². The molecule has 0 aliphatic heterocycles. The second-order valence-corrected chi connectivity index (χ2v) is 1.73. The standard InChI is InChI=1S/C6H8N2O4/c7-3-6(11)12-5(10)2-1-4(8)9/h1-2H,3,7H2,(H2,8,9)/b2-1-. The van der Waals surface area contributed by atoms with E-state index in [4.69, 9.17) is 5.73 Å². The van der Waals surface area contributed by atoms with Gasteiger partial charge >= 0.3 is 11.9 Å². The molecule has 0 bridgehead atoms. The Morgan fingerprint density at radius 2 is 1.83 bits per heavy atom. The Hall–Kier alpha value is -1.69. The molecule has 0 rings (SSSR count). The number of carbonyl (C=O) groups is 3. The molecular weight excluding hydrogens is 164 g/mol. The fourth-order valence-electron chi connectivity index (χ4n) is 0.338. The van der Waals surface area contributed by atoms with Crippen molar-refractivity contribution in [2.24, 2.45) is 11.5 Å². The van der Waals surface area contributed by atoms with E-state index in [-0.39, 0.29) is 0 Å². The van der Waals surface area contributed by atoms with Gasteiger partial charge in [-0.3, -0.25) is 9.59 Å². The van der Waals surface area contributed by atoms with Crippen LogP contribution in [0.1, 0.15) is 0 Å². The molecule has 0 atom stereocenters. The average molecular weight is 172 g/mol. The van der Waals surface area contributed by atoms with Crippen LogP contribution in [0.15, 0.2) is 12.2 Å². The topological polar surface area (TPSA) is 112 Å². The van der Waals surface area contributed by atoms with Crippen molar-refractivity contribution >= 4 is 17.8 Å². The molecule has 0 saturated heterocycles. The van der Waals surface area contributed by atoms with Crippen LogP contribution in [0, 0.1) is 0 Å². The van der Waals surface area contributed by atoms with Crippen LogP contribution in [0.2, 0.25) is 0 Å². The number of primary amides is 1. The highest BCUT2D eigenvalue weighted by molar-refractivity contribution is 5.97. The van der Waals surface area contributed by atoms with Crippen molar-refractivity contribution in [3.05, 3.63) is 12.2 Å². The van der Waals surface area contributed by atoms with Gasteiger partial charge in [0.15, 0.2) is 0 Å². The van der Waals surface area contributed by atoms with Crippen molar-refractivity contribution in [1.29, 1.82) is 0 Å². The summed E-state index contributed by atoms with van der Waals surface area (Å²) >= 11 is 0. The predicted molar refractivity (Wildman–Crippen MR) is 38.5 cm³/mol. The third-order valence-electron chi connectivity index (χ3n) is 0.765. The maximum atomic E-state index is 10.5. The number of amides is 1. The molecule has 0 aliphatic rings. The quantitative estimate of drug-likeness (QED) is 0.292. The molecule has 0 heterocycles. The van der Waals surface area contributed by atoms with E-state index in [0.717, 1.165) is 12.2 Å². The van der Waals surface area contributed by atoms with Gasteiger partial charge in [0.25, 0.3) is 0 Å². The van der Waals surface area contributed by atoms with Gasteiger partial charge in [-0.1, -0.05) is 0 Å². The summed E-state index contributed by atoms with van der Waals surface area (Å²) in [6, 6.07) is 0. The highest BCUT2D eigenvalue weighted by Crippen LogP contribution is 1.81. The number of esters is 2. The molecule has 12 heavy (non-hydrogen) atoms. The Kier molecular flexibility index (Phi) is 4.32. The molecule has 0 aromatic carbocycles. The summed E-state index contributed by atoms with van der Waals surface area (Å²) in [5.74, 6) is -2.63. The number of carbonyl (C=O) groups excluding carboxylic acids is 3. The van der Waals surface area contributed by atoms with E-state index in [0.29, 0.717) is 0 Å². The summed E-state index contributed by atoms with van der Waals surface area (Å²) in [5.41, 5.74) is 9.49. The maximum Gasteiger partial charge on any atom is 0.338 e. The zero-order chi connectivity index (χ0) is 9.56. The first kappa shape index (κ1) is 10.3. The summed E-state index contributed by atoms with van der Waals surface area (Å²) in [5, 5.41) is 0. The summed E-state index contributed by atoms with van der Waals surface area (Å²) in [6.07, 6.45) is 1.53. The van der Waals surface area contributed by atoms with Gasteiger partial charge in [-0.2, -0.15) is 0 Å². The van der Waals surface area contributed by atoms with Gasteiger partial charge in [0.1, 0.15) is 0 Å². The van der Waals surface area contributed by atoms with Crippen molar-refractivity contribution < 1.29 is 19.1 Å². The molecule has 1 amide bonds. The van der Waals surface area contributed by atoms with Crippen molar-refractivity contribution in [2.45, 2.75) is 0 Å². The number of rotatable bonds is 3. The lowest BCUT2D eigenvalue weighted by atomic mass is 10.5. The van der Waals surface area contributed by atoms with E-state index in [1.807, 2.05) is 0 Å². The van der Waals surface area contributed by atoms with Crippen LogP contribution in [0.25, 0.3) is 0 Å². The average Bonchev–Trinajstić information content (AvgIpc) is 2.00. The number of hydrogen-bond acceptors (Lipinski definition) is 5. The van der Waals surface area contributed by atoms with Crippen molar-refractivity contribution in [3.63, 3.8) is 0 Å². The van der Waals surface area contributed by atoms with Crippen LogP contribution in [0.5, 0.6) is 0 Å². The predicted octanol–water partition coefficient (Wildman–Crippen LogP) is -1.94. The second-order valence-electron chi connectivity index (χ2n) is 1.73. The van der Waals surface area contributed by atoms with Gasteiger partial charge < -0.3 is 16.2 Å². The fourth-order valence-corrected chi connectivity index (χ4v) is 0.338. The minimum Gasteiger partial charge on any atom is -0.389 e. The van der Waals surface area contributed by atoms with E-state index in [1.165, 1.54) is 0 Å². The Morgan fingerprint density at radius 3 is 2.25 bits per heavy atom. The lowest BCUT2D eigenvalue weighted by Crippen LogP contribution is -2.19. The molecule has 0 unspecified atom stereocenters. The lowest BCUT2D eigenvalue weighted by Gasteiger charge is -1.94. The zero-order valence-electron chi connectivity index (χ0n) is 6.15. The zero-order valence-corrected chi connectivity index (χ0v) is 6.15. The summed E-state index contributed by atoms with van der Waals surface area (Å²) < 4.78 is 4.05. The number of ether oxygens (including phenoxy) is 1. The van der Waals surface area contributed by atoms with Crippen LogP contribution < -0.4 is 11.5 Å². The molecule has 6 heteroatoms. The SMILES string of the molecule is NCC(=O)OC(=O)/C=C\C(N)=O. The van der Waals surface area contributed by atoms with E-state index < -0.39 is 24.4 Å². The Morgan fingerprint density at radius 1 is 1.25 bits per heavy atom. The third kappa shape index (κ3) is 5.12. The molecule has 0 radical (unpaired) electrons. The largest absolute Gasteiger partial charge is 0.389 e. The number of nitrogens with two attached hydrogens (primary N) is 2. The van der Waals surface area contributed by atoms with E-state index >= 15 is 0 Å². The van der Waals surface area contributed by atoms with Gasteiger partial charge in [-0.05, 0) is 0 Å². The lowest BCUT2D eigenvalue weighted by molar-refractivity contribution is -0.155. The fraction of sp³-hybridized carbons (Fsp3) is 0.167. The molecule has 66 valence electrons. The van der Waals surface area contributed by atoms with Gasteiger partial charge in [0.05, 0.1) is 6.54 Å². The van der Waals surface area contributed by atoms with Crippen LogP contribution in [-0.2, 0) is 19.1 Å². The molecule has 6 nitrogen and oxygen atoms in total. The Bertz CT molecular complexity index is 234. The van der Waals surface area contributed by atoms with Gasteiger partial charge in [-0.25, -0.2) is 4.79 Å². The van der Waals surface area contributed by atoms with Crippen molar-refractivity contribution in [1.82, 2.24) is 0 Å². The highest BCUT2D eigenvalue weighted by Gasteiger charge is 2.04. The van der Waals surface area contributed by atoms with Gasteiger partial charge in [0, 0.05) is 12.2 Å². The molecule has 0 aliphatic carbocycles. The molecule has 0 spiro atoms. The van der Waals surface area contributed by atoms with Crippen LogP contribution >= 0.6 is 0 Å². The molecular formula is C6H8N2O4. The van der Waals surface area contributed by atoms with Gasteiger partial charge in [-0.15, -0.1) is 0 Å². The monoisotopic (exact) mass is 172 g/mol. The summed E-state index contributed by atoms with van der Waals surface area (Å²) in [4.78, 5) is 30.9. The summed E-state index contributed by atoms with van der Waals surface area (Å²) in [6.45, 7) is -0.393. The second kappa shape index (κ2) is 5.03. The van der Waals surface area contributed by atoms with E-state index in [9.17, 15) is 14.4 Å². The molecule has 0 aromatic heterocycles. The van der Waals surface area contributed by atoms with Crippen LogP contribution in [-0.4, -0.2) is 24.4 Å². The first-order valence-electron chi connectivity index (χ1n) is 2.98. The minimum atomic E-state index is -0.968. The van der Waals surface area contributed by atoms with E-state index in [1.54, 1.807) is 0 Å². The molecule has 0 saturated carbocycles. The first-order valence-corrected chi connectivity index (χ1v) is 2.98. The van der Waals surface area contributed by atoms with Gasteiger partial charge in [0.2, 0.25) is 5.91 Å².